The maximum Gasteiger partial charge on any atom is 0.446 e. The van der Waals surface area contributed by atoms with Crippen molar-refractivity contribution in [1.82, 2.24) is 20.0 Å². The number of aliphatic hydroxyl groups excluding tert-OH is 2. The molecule has 2 spiro atoms. The second-order valence-corrected chi connectivity index (χ2v) is 18.8. The molecule has 0 aliphatic carbocycles. The van der Waals surface area contributed by atoms with Crippen LogP contribution in [0.25, 0.3) is 0 Å². The minimum absolute atomic E-state index is 0.0473. The molecule has 0 saturated carbocycles. The molecular weight excluding hydrogens is 854 g/mol. The van der Waals surface area contributed by atoms with Crippen LogP contribution < -0.4 is 5.32 Å². The van der Waals surface area contributed by atoms with Crippen molar-refractivity contribution in [3.8, 4) is 0 Å². The number of nitrogens with zero attached hydrogens (tertiary/aromatic N) is 3. The zero-order chi connectivity index (χ0) is 48.3. The lowest BCUT2D eigenvalue weighted by atomic mass is 9.94. The van der Waals surface area contributed by atoms with E-state index in [1.54, 1.807) is 20.8 Å². The van der Waals surface area contributed by atoms with E-state index in [9.17, 15) is 47.4 Å². The van der Waals surface area contributed by atoms with Gasteiger partial charge in [0.25, 0.3) is 5.91 Å². The summed E-state index contributed by atoms with van der Waals surface area (Å²) in [6.07, 6.45) is -4.59. The summed E-state index contributed by atoms with van der Waals surface area (Å²) in [4.78, 5) is 78.3. The number of likely N-dealkylation sites (tertiary alicyclic amines) is 3. The average molecular weight is 919 g/mol. The summed E-state index contributed by atoms with van der Waals surface area (Å²) in [6.45, 7) is 14.6. The van der Waals surface area contributed by atoms with Crippen molar-refractivity contribution in [1.29, 1.82) is 0 Å². The van der Waals surface area contributed by atoms with Gasteiger partial charge in [-0.2, -0.15) is 13.2 Å². The highest BCUT2D eigenvalue weighted by Crippen LogP contribution is 2.43. The number of carbonyl (C=O) groups is 6. The predicted octanol–water partition coefficient (Wildman–Crippen LogP) is 6.03. The van der Waals surface area contributed by atoms with E-state index < -0.39 is 77.6 Å². The maximum atomic E-state index is 13.7. The topological polar surface area (TPSA) is 192 Å². The second kappa shape index (κ2) is 22.4. The molecular formula is C47H65F3N4O11. The first-order chi connectivity index (χ1) is 30.4. The van der Waals surface area contributed by atoms with Gasteiger partial charge in [0, 0.05) is 19.4 Å². The number of benzene rings is 2. The molecule has 4 fully saturated rings. The average Bonchev–Trinajstić information content (AvgIpc) is 4.00. The molecule has 4 saturated heterocycles. The lowest BCUT2D eigenvalue weighted by molar-refractivity contribution is -0.162. The first-order valence-electron chi connectivity index (χ1n) is 22.1. The molecule has 2 unspecified atom stereocenters. The normalized spacial score (nSPS) is 23.9. The van der Waals surface area contributed by atoms with Gasteiger partial charge in [0.1, 0.15) is 54.4 Å². The smallest absolute Gasteiger partial charge is 0.446 e. The van der Waals surface area contributed by atoms with Gasteiger partial charge in [-0.05, 0) is 88.8 Å². The minimum Gasteiger partial charge on any atom is -0.459 e. The van der Waals surface area contributed by atoms with Gasteiger partial charge in [0.15, 0.2) is 0 Å². The fourth-order valence-corrected chi connectivity index (χ4v) is 8.69. The predicted molar refractivity (Wildman–Crippen MR) is 231 cm³/mol. The molecule has 65 heavy (non-hydrogen) atoms. The first-order valence-corrected chi connectivity index (χ1v) is 22.1. The number of rotatable bonds is 12. The van der Waals surface area contributed by atoms with Gasteiger partial charge in [-0.25, -0.2) is 14.4 Å². The van der Waals surface area contributed by atoms with Crippen molar-refractivity contribution >= 4 is 36.1 Å². The third-order valence-corrected chi connectivity index (χ3v) is 11.5. The summed E-state index contributed by atoms with van der Waals surface area (Å²) >= 11 is 0. The van der Waals surface area contributed by atoms with E-state index in [1.165, 1.54) is 14.7 Å². The molecule has 4 aliphatic rings. The molecule has 2 aromatic rings. The quantitative estimate of drug-likeness (QED) is 0.128. The Morgan fingerprint density at radius 2 is 1.23 bits per heavy atom. The number of halogens is 3. The third kappa shape index (κ3) is 14.0. The Balaban J connectivity index is 0.000000258. The number of hydrogen-bond acceptors (Lipinski definition) is 12. The molecule has 15 nitrogen and oxygen atoms in total. The number of carbonyl (C=O) groups excluding carboxylic acids is 6. The molecule has 0 aromatic heterocycles. The van der Waals surface area contributed by atoms with Crippen LogP contribution in [0.4, 0.5) is 18.0 Å². The van der Waals surface area contributed by atoms with E-state index in [4.69, 9.17) is 19.0 Å². The number of amides is 3. The SMILES string of the molecule is CC(C)C[C@H](C(=O)OCc1ccccc1)N1C(=O)[C@@]2(CCCN2)CC1O.CC(C)C[C@H](C(=O)OCc1ccccc1)N1C(=O)[C@@]2(CCCN2C(=O)OC(C)(C)C)CC1O.O=CC(F)(F)F. The van der Waals surface area contributed by atoms with E-state index in [1.807, 2.05) is 88.4 Å². The number of alkyl halides is 3. The van der Waals surface area contributed by atoms with Crippen LogP contribution in [-0.4, -0.2) is 122 Å². The fraction of sp³-hybridized carbons (Fsp3) is 0.617. The summed E-state index contributed by atoms with van der Waals surface area (Å²) < 4.78 is 47.8. The summed E-state index contributed by atoms with van der Waals surface area (Å²) in [5.41, 5.74) is -0.884. The Morgan fingerprint density at radius 1 is 0.769 bits per heavy atom. The zero-order valence-corrected chi connectivity index (χ0v) is 38.3. The van der Waals surface area contributed by atoms with Gasteiger partial charge in [-0.15, -0.1) is 0 Å². The van der Waals surface area contributed by atoms with Gasteiger partial charge in [0.2, 0.25) is 12.2 Å². The number of ether oxygens (including phenoxy) is 3. The molecule has 6 atom stereocenters. The number of nitrogens with one attached hydrogen (secondary N) is 1. The Morgan fingerprint density at radius 3 is 1.65 bits per heavy atom. The molecule has 3 N–H and O–H groups in total. The summed E-state index contributed by atoms with van der Waals surface area (Å²) in [7, 11) is 0. The Kier molecular flexibility index (Phi) is 18.1. The van der Waals surface area contributed by atoms with Crippen molar-refractivity contribution in [2.24, 2.45) is 11.8 Å². The highest BCUT2D eigenvalue weighted by Gasteiger charge is 2.61. The molecule has 0 bridgehead atoms. The second-order valence-electron chi connectivity index (χ2n) is 18.8. The van der Waals surface area contributed by atoms with E-state index >= 15 is 0 Å². The Labute approximate surface area is 378 Å². The molecule has 6 rings (SSSR count). The van der Waals surface area contributed by atoms with E-state index in [2.05, 4.69) is 5.32 Å². The van der Waals surface area contributed by atoms with Gasteiger partial charge in [0.05, 0.1) is 0 Å². The molecule has 2 aromatic carbocycles. The molecule has 4 aliphatic heterocycles. The van der Waals surface area contributed by atoms with Crippen LogP contribution in [-0.2, 0) is 51.4 Å². The first kappa shape index (κ1) is 52.6. The molecule has 3 amide bonds. The van der Waals surface area contributed by atoms with Crippen LogP contribution in [0.15, 0.2) is 60.7 Å². The number of aldehydes is 1. The lowest BCUT2D eigenvalue weighted by Gasteiger charge is -2.35. The summed E-state index contributed by atoms with van der Waals surface area (Å²) in [5, 5.41) is 24.8. The van der Waals surface area contributed by atoms with Gasteiger partial charge < -0.3 is 39.5 Å². The number of hydrogen-bond donors (Lipinski definition) is 3. The summed E-state index contributed by atoms with van der Waals surface area (Å²) in [6, 6.07) is 17.1. The Hall–Kier alpha value is -5.07. The highest BCUT2D eigenvalue weighted by atomic mass is 19.4. The van der Waals surface area contributed by atoms with Gasteiger partial charge in [-0.3, -0.25) is 19.3 Å². The molecule has 18 heteroatoms. The zero-order valence-electron chi connectivity index (χ0n) is 38.3. The third-order valence-electron chi connectivity index (χ3n) is 11.5. The van der Waals surface area contributed by atoms with Crippen LogP contribution in [0.3, 0.4) is 0 Å². The largest absolute Gasteiger partial charge is 0.459 e. The van der Waals surface area contributed by atoms with Crippen molar-refractivity contribution < 1.29 is 66.4 Å². The number of aliphatic hydroxyl groups is 2. The van der Waals surface area contributed by atoms with Crippen LogP contribution in [0.2, 0.25) is 0 Å². The summed E-state index contributed by atoms with van der Waals surface area (Å²) in [5.74, 6) is -1.33. The van der Waals surface area contributed by atoms with Crippen LogP contribution in [0, 0.1) is 11.8 Å². The highest BCUT2D eigenvalue weighted by molar-refractivity contribution is 5.96. The lowest BCUT2D eigenvalue weighted by Crippen LogP contribution is -2.56. The monoisotopic (exact) mass is 918 g/mol. The van der Waals surface area contributed by atoms with Crippen LogP contribution in [0.1, 0.15) is 111 Å². The van der Waals surface area contributed by atoms with Crippen molar-refractivity contribution in [3.05, 3.63) is 71.8 Å². The minimum atomic E-state index is -4.64. The van der Waals surface area contributed by atoms with Crippen LogP contribution >= 0.6 is 0 Å². The van der Waals surface area contributed by atoms with Gasteiger partial charge >= 0.3 is 24.2 Å². The van der Waals surface area contributed by atoms with E-state index in [0.717, 1.165) is 24.1 Å². The fourth-order valence-electron chi connectivity index (χ4n) is 8.69. The van der Waals surface area contributed by atoms with Gasteiger partial charge in [-0.1, -0.05) is 88.4 Å². The number of esters is 2. The molecule has 0 radical (unpaired) electrons. The standard InChI is InChI=1S/C25H36N2O6.C20H28N2O4.C2HF3O/c1-17(2)14-19(21(29)32-16-18-10-7-6-8-11-18)27-20(28)15-25(22(27)30)12-9-13-26(25)23(31)33-24(3,4)5;1-14(2)11-16(18(24)26-13-15-7-4-3-5-8-15)22-17(23)12-20(19(22)25)9-6-10-21-20;3-2(4,5)1-6/h6-8,10-11,17,19-20,28H,9,12-16H2,1-5H3;3-5,7-8,14,16-17,21,23H,6,9-13H2,1-2H3;1H/t19-,20?,25-;16-,17?,20-;/m11./s1. The van der Waals surface area contributed by atoms with Crippen molar-refractivity contribution in [2.45, 2.75) is 160 Å². The van der Waals surface area contributed by atoms with Crippen LogP contribution in [0.5, 0.6) is 0 Å². The van der Waals surface area contributed by atoms with E-state index in [-0.39, 0.29) is 37.4 Å². The Bertz CT molecular complexity index is 1920. The maximum absolute atomic E-state index is 13.7. The van der Waals surface area contributed by atoms with E-state index in [0.29, 0.717) is 45.1 Å². The molecule has 4 heterocycles. The van der Waals surface area contributed by atoms with Crippen molar-refractivity contribution in [2.75, 3.05) is 13.1 Å². The van der Waals surface area contributed by atoms with Crippen molar-refractivity contribution in [3.63, 3.8) is 0 Å². The molecule has 360 valence electrons.